The Morgan fingerprint density at radius 1 is 0.654 bits per heavy atom. The molecule has 288 valence electrons. The van der Waals surface area contributed by atoms with Crippen LogP contribution in [0, 0.1) is 11.8 Å². The lowest BCUT2D eigenvalue weighted by atomic mass is 10.0. The van der Waals surface area contributed by atoms with Crippen molar-refractivity contribution in [1.29, 1.82) is 0 Å². The Kier molecular flexibility index (Phi) is 17.9. The number of carbonyl (C=O) groups excluding carboxylic acids is 5. The number of hydrazine groups is 3. The summed E-state index contributed by atoms with van der Waals surface area (Å²) in [5, 5.41) is 12.3. The highest BCUT2D eigenvalue weighted by Gasteiger charge is 2.29. The van der Waals surface area contributed by atoms with Gasteiger partial charge in [-0.3, -0.25) is 40.3 Å². The molecule has 15 heteroatoms. The predicted molar refractivity (Wildman–Crippen MR) is 201 cm³/mol. The summed E-state index contributed by atoms with van der Waals surface area (Å²) in [5.74, 6) is -2.19. The van der Waals surface area contributed by atoms with Crippen molar-refractivity contribution in [2.75, 3.05) is 45.8 Å². The van der Waals surface area contributed by atoms with Gasteiger partial charge >= 0.3 is 0 Å². The van der Waals surface area contributed by atoms with Gasteiger partial charge in [0.15, 0.2) is 0 Å². The standard InChI is InChI=1S/C37H60N10O5/c1-26(2)20-32-37(52)44-46(21-27(3)4)25-35(50)42-47(22-29-14-11-13-28-12-5-6-15-30(28)29)24-34(49)40-31(16-7-8-17-38)36(51)43-45(19-10-9-18-39)23-33(48)41-32/h5-6,11-15,26-27,31-32H,7-10,16-25,38-39H2,1-4H3,(H,40,49)(H,41,48)(H,42,50)(H,43,51)(H,44,52)/t31-,32-/m0/s1. The largest absolute Gasteiger partial charge is 0.343 e. The molecule has 2 atom stereocenters. The number of nitrogens with one attached hydrogen (secondary N) is 5. The van der Waals surface area contributed by atoms with Crippen LogP contribution in [0.15, 0.2) is 42.5 Å². The van der Waals surface area contributed by atoms with Gasteiger partial charge in [-0.15, -0.1) is 0 Å². The van der Waals surface area contributed by atoms with Crippen molar-refractivity contribution in [3.05, 3.63) is 48.0 Å². The summed E-state index contributed by atoms with van der Waals surface area (Å²) in [6, 6.07) is 11.9. The molecule has 52 heavy (non-hydrogen) atoms. The van der Waals surface area contributed by atoms with Crippen molar-refractivity contribution in [2.24, 2.45) is 23.3 Å². The first-order valence-corrected chi connectivity index (χ1v) is 18.5. The minimum Gasteiger partial charge on any atom is -0.343 e. The molecule has 2 aromatic carbocycles. The number of amides is 5. The molecule has 2 aromatic rings. The Bertz CT molecular complexity index is 1470. The van der Waals surface area contributed by atoms with Gasteiger partial charge in [-0.25, -0.2) is 15.0 Å². The summed E-state index contributed by atoms with van der Waals surface area (Å²) in [7, 11) is 0. The molecule has 0 unspecified atom stereocenters. The molecule has 1 heterocycles. The summed E-state index contributed by atoms with van der Waals surface area (Å²) < 4.78 is 0. The number of fused-ring (bicyclic) bond motifs is 1. The molecule has 1 aliphatic rings. The van der Waals surface area contributed by atoms with Gasteiger partial charge in [0, 0.05) is 19.6 Å². The lowest BCUT2D eigenvalue weighted by Gasteiger charge is -2.31. The molecule has 1 saturated heterocycles. The first kappa shape index (κ1) is 42.3. The number of hydrogen-bond acceptors (Lipinski definition) is 10. The lowest BCUT2D eigenvalue weighted by Crippen LogP contribution is -2.59. The zero-order valence-corrected chi connectivity index (χ0v) is 31.3. The second kappa shape index (κ2) is 22.0. The van der Waals surface area contributed by atoms with Crippen molar-refractivity contribution in [2.45, 2.75) is 84.8 Å². The summed E-state index contributed by atoms with van der Waals surface area (Å²) in [6.07, 6.45) is 3.18. The zero-order chi connectivity index (χ0) is 38.0. The first-order valence-electron chi connectivity index (χ1n) is 18.5. The van der Waals surface area contributed by atoms with E-state index in [-0.39, 0.29) is 38.0 Å². The van der Waals surface area contributed by atoms with Gasteiger partial charge in [0.1, 0.15) is 12.1 Å². The Hall–Kier alpha value is -4.15. The molecule has 0 saturated carbocycles. The number of benzene rings is 2. The monoisotopic (exact) mass is 724 g/mol. The first-order chi connectivity index (χ1) is 24.9. The number of hydrogen-bond donors (Lipinski definition) is 7. The van der Waals surface area contributed by atoms with Crippen LogP contribution in [0.5, 0.6) is 0 Å². The summed E-state index contributed by atoms with van der Waals surface area (Å²) in [5.41, 5.74) is 20.9. The van der Waals surface area contributed by atoms with Crippen LogP contribution in [0.1, 0.15) is 71.8 Å². The van der Waals surface area contributed by atoms with Gasteiger partial charge in [-0.1, -0.05) is 70.2 Å². The van der Waals surface area contributed by atoms with Gasteiger partial charge in [0.2, 0.25) is 17.7 Å². The fourth-order valence-electron chi connectivity index (χ4n) is 6.13. The van der Waals surface area contributed by atoms with Crippen molar-refractivity contribution >= 4 is 40.3 Å². The maximum Gasteiger partial charge on any atom is 0.256 e. The highest BCUT2D eigenvalue weighted by atomic mass is 16.2. The van der Waals surface area contributed by atoms with E-state index in [4.69, 9.17) is 11.5 Å². The Morgan fingerprint density at radius 2 is 1.25 bits per heavy atom. The summed E-state index contributed by atoms with van der Waals surface area (Å²) in [6.45, 7) is 8.90. The van der Waals surface area contributed by atoms with E-state index in [9.17, 15) is 24.0 Å². The molecular formula is C37H60N10O5. The van der Waals surface area contributed by atoms with Crippen LogP contribution in [-0.2, 0) is 30.5 Å². The maximum atomic E-state index is 13.7. The van der Waals surface area contributed by atoms with E-state index in [1.165, 1.54) is 15.0 Å². The Labute approximate surface area is 307 Å². The third kappa shape index (κ3) is 14.8. The average molecular weight is 725 g/mol. The van der Waals surface area contributed by atoms with Crippen LogP contribution in [-0.4, -0.2) is 102 Å². The van der Waals surface area contributed by atoms with E-state index in [0.29, 0.717) is 64.7 Å². The molecular weight excluding hydrogens is 664 g/mol. The number of carbonyl (C=O) groups is 5. The predicted octanol–water partition coefficient (Wildman–Crippen LogP) is 0.893. The van der Waals surface area contributed by atoms with Gasteiger partial charge in [-0.05, 0) is 79.8 Å². The number of nitrogens with two attached hydrogens (primary N) is 2. The summed E-state index contributed by atoms with van der Waals surface area (Å²) >= 11 is 0. The lowest BCUT2D eigenvalue weighted by molar-refractivity contribution is -0.139. The van der Waals surface area contributed by atoms with E-state index >= 15 is 0 Å². The molecule has 5 amide bonds. The number of rotatable bonds is 14. The normalized spacial score (nSPS) is 19.9. The van der Waals surface area contributed by atoms with Crippen LogP contribution in [0.2, 0.25) is 0 Å². The highest BCUT2D eigenvalue weighted by molar-refractivity contribution is 5.90. The summed E-state index contributed by atoms with van der Waals surface area (Å²) in [4.78, 5) is 68.2. The van der Waals surface area contributed by atoms with Crippen LogP contribution < -0.4 is 38.4 Å². The molecule has 1 fully saturated rings. The van der Waals surface area contributed by atoms with Crippen molar-refractivity contribution in [1.82, 2.24) is 41.9 Å². The third-order valence-electron chi connectivity index (χ3n) is 8.49. The molecule has 0 bridgehead atoms. The van der Waals surface area contributed by atoms with Crippen LogP contribution in [0.25, 0.3) is 10.8 Å². The minimum atomic E-state index is -0.936. The van der Waals surface area contributed by atoms with Crippen molar-refractivity contribution in [3.63, 3.8) is 0 Å². The van der Waals surface area contributed by atoms with Crippen molar-refractivity contribution in [3.8, 4) is 0 Å². The molecule has 0 spiro atoms. The minimum absolute atomic E-state index is 0.0663. The molecule has 0 aromatic heterocycles. The van der Waals surface area contributed by atoms with Crippen molar-refractivity contribution < 1.29 is 24.0 Å². The van der Waals surface area contributed by atoms with Gasteiger partial charge in [0.05, 0.1) is 19.6 Å². The average Bonchev–Trinajstić information content (AvgIpc) is 3.06. The number of unbranched alkanes of at least 4 members (excludes halogenated alkanes) is 2. The van der Waals surface area contributed by atoms with E-state index in [1.54, 1.807) is 0 Å². The van der Waals surface area contributed by atoms with E-state index in [1.807, 2.05) is 70.2 Å². The number of nitrogens with zero attached hydrogens (tertiary/aromatic N) is 3. The van der Waals surface area contributed by atoms with E-state index in [0.717, 1.165) is 16.3 Å². The molecule has 0 radical (unpaired) electrons. The quantitative estimate of drug-likeness (QED) is 0.137. The fraction of sp³-hybridized carbons (Fsp3) is 0.595. The van der Waals surface area contributed by atoms with Gasteiger partial charge in [-0.2, -0.15) is 0 Å². The smallest absolute Gasteiger partial charge is 0.256 e. The van der Waals surface area contributed by atoms with E-state index < -0.39 is 41.6 Å². The second-order valence-corrected chi connectivity index (χ2v) is 14.3. The van der Waals surface area contributed by atoms with Gasteiger partial charge in [0.25, 0.3) is 11.8 Å². The topological polar surface area (TPSA) is 207 Å². The molecule has 3 rings (SSSR count). The molecule has 9 N–H and O–H groups in total. The molecule has 15 nitrogen and oxygen atoms in total. The highest BCUT2D eigenvalue weighted by Crippen LogP contribution is 2.20. The Morgan fingerprint density at radius 3 is 1.94 bits per heavy atom. The second-order valence-electron chi connectivity index (χ2n) is 14.3. The maximum absolute atomic E-state index is 13.7. The van der Waals surface area contributed by atoms with E-state index in [2.05, 4.69) is 26.9 Å². The fourth-order valence-corrected chi connectivity index (χ4v) is 6.13. The van der Waals surface area contributed by atoms with Crippen LogP contribution in [0.4, 0.5) is 0 Å². The van der Waals surface area contributed by atoms with Gasteiger partial charge < -0.3 is 22.1 Å². The SMILES string of the molecule is CC(C)C[C@@H]1NC(=O)CN(CCCCN)NC(=O)[C@H](CCCCN)NC(=O)CN(Cc2cccc3ccccc23)NC(=O)CN(CC(C)C)NC1=O. The molecule has 1 aliphatic heterocycles. The van der Waals surface area contributed by atoms with Crippen LogP contribution in [0.3, 0.4) is 0 Å². The Balaban J connectivity index is 2.01. The third-order valence-corrected chi connectivity index (χ3v) is 8.49. The zero-order valence-electron chi connectivity index (χ0n) is 31.3. The molecule has 0 aliphatic carbocycles. The van der Waals surface area contributed by atoms with Crippen LogP contribution >= 0.6 is 0 Å².